The van der Waals surface area contributed by atoms with Gasteiger partial charge >= 0.3 is 0 Å². The number of hydrogen-bond acceptors (Lipinski definition) is 6. The van der Waals surface area contributed by atoms with E-state index in [2.05, 4.69) is 27.3 Å². The minimum absolute atomic E-state index is 0.0341. The molecule has 25 heavy (non-hydrogen) atoms. The molecule has 1 aromatic heterocycles. The van der Waals surface area contributed by atoms with Crippen molar-refractivity contribution in [3.63, 3.8) is 0 Å². The second kappa shape index (κ2) is 10.8. The first-order valence-corrected chi connectivity index (χ1v) is 10.6. The van der Waals surface area contributed by atoms with Crippen LogP contribution in [0.2, 0.25) is 0 Å². The van der Waals surface area contributed by atoms with Crippen molar-refractivity contribution in [3.8, 4) is 0 Å². The van der Waals surface area contributed by atoms with Gasteiger partial charge in [0.1, 0.15) is 0 Å². The highest BCUT2D eigenvalue weighted by Gasteiger charge is 2.20. The van der Waals surface area contributed by atoms with Crippen LogP contribution in [-0.4, -0.2) is 30.4 Å². The first kappa shape index (κ1) is 20.2. The summed E-state index contributed by atoms with van der Waals surface area (Å²) in [4.78, 5) is 27.5. The zero-order valence-electron chi connectivity index (χ0n) is 15.0. The maximum Gasteiger partial charge on any atom is 0.234 e. The van der Waals surface area contributed by atoms with E-state index in [0.29, 0.717) is 17.5 Å². The molecule has 1 aliphatic carbocycles. The second-order valence-electron chi connectivity index (χ2n) is 6.54. The van der Waals surface area contributed by atoms with Crippen molar-refractivity contribution < 1.29 is 9.59 Å². The highest BCUT2D eigenvalue weighted by molar-refractivity contribution is 7.99. The van der Waals surface area contributed by atoms with Crippen LogP contribution in [0, 0.1) is 11.8 Å². The molecule has 1 saturated carbocycles. The van der Waals surface area contributed by atoms with Gasteiger partial charge in [0, 0.05) is 13.5 Å². The van der Waals surface area contributed by atoms with Crippen molar-refractivity contribution in [2.75, 3.05) is 18.9 Å². The molecule has 0 aliphatic heterocycles. The van der Waals surface area contributed by atoms with Crippen LogP contribution >= 0.6 is 23.3 Å². The van der Waals surface area contributed by atoms with E-state index in [0.717, 1.165) is 16.5 Å². The van der Waals surface area contributed by atoms with E-state index in [1.807, 2.05) is 0 Å². The Labute approximate surface area is 158 Å². The third kappa shape index (κ3) is 7.33. The highest BCUT2D eigenvalue weighted by atomic mass is 32.2. The minimum Gasteiger partial charge on any atom is -0.358 e. The summed E-state index contributed by atoms with van der Waals surface area (Å²) in [6.07, 6.45) is 9.88. The molecule has 1 aromatic rings. The summed E-state index contributed by atoms with van der Waals surface area (Å²) in [5.74, 6) is 1.36. The minimum atomic E-state index is -0.0716. The summed E-state index contributed by atoms with van der Waals surface area (Å²) in [5, 5.41) is 6.03. The van der Waals surface area contributed by atoms with Crippen molar-refractivity contribution in [2.45, 2.75) is 56.1 Å². The van der Waals surface area contributed by atoms with Gasteiger partial charge in [0.15, 0.2) is 5.13 Å². The molecule has 3 N–H and O–H groups in total. The zero-order valence-corrected chi connectivity index (χ0v) is 16.6. The fourth-order valence-corrected chi connectivity index (χ4v) is 4.70. The number of carbonyl (C=O) groups excluding carboxylic acids is 2. The summed E-state index contributed by atoms with van der Waals surface area (Å²) in [5.41, 5.74) is 0. The largest absolute Gasteiger partial charge is 0.358 e. The lowest BCUT2D eigenvalue weighted by Gasteiger charge is -2.27. The Morgan fingerprint density at radius 1 is 1.32 bits per heavy atom. The summed E-state index contributed by atoms with van der Waals surface area (Å²) in [6, 6.07) is 0. The summed E-state index contributed by atoms with van der Waals surface area (Å²) in [7, 11) is 1.60. The molecule has 0 saturated heterocycles. The van der Waals surface area contributed by atoms with E-state index in [1.165, 1.54) is 55.4 Å². The molecule has 1 aliphatic rings. The number of rotatable bonds is 9. The molecule has 1 atom stereocenters. The van der Waals surface area contributed by atoms with Gasteiger partial charge in [-0.2, -0.15) is 0 Å². The fraction of sp³-hybridized carbons (Fsp3) is 0.706. The summed E-state index contributed by atoms with van der Waals surface area (Å²) < 4.78 is 3.87. The van der Waals surface area contributed by atoms with Gasteiger partial charge in [-0.15, -0.1) is 0 Å². The Morgan fingerprint density at radius 3 is 2.80 bits per heavy atom. The smallest absolute Gasteiger partial charge is 0.234 e. The van der Waals surface area contributed by atoms with Gasteiger partial charge in [0.25, 0.3) is 0 Å². The third-order valence-electron chi connectivity index (χ3n) is 4.70. The zero-order chi connectivity index (χ0) is 18.1. The molecule has 0 spiro atoms. The molecule has 1 unspecified atom stereocenters. The lowest BCUT2D eigenvalue weighted by atomic mass is 9.79. The Hall–Kier alpha value is -1.12. The van der Waals surface area contributed by atoms with Gasteiger partial charge < -0.3 is 10.6 Å². The van der Waals surface area contributed by atoms with Crippen LogP contribution in [0.4, 0.5) is 5.13 Å². The van der Waals surface area contributed by atoms with E-state index in [1.54, 1.807) is 13.2 Å². The number of nitrogens with one attached hydrogen (secondary N) is 3. The predicted octanol–water partition coefficient (Wildman–Crippen LogP) is 3.42. The number of hydrogen-bond donors (Lipinski definition) is 3. The Kier molecular flexibility index (Phi) is 8.71. The van der Waals surface area contributed by atoms with E-state index in [4.69, 9.17) is 0 Å². The van der Waals surface area contributed by atoms with Crippen LogP contribution in [0.3, 0.4) is 0 Å². The molecule has 1 fully saturated rings. The molecule has 0 radical (unpaired) electrons. The number of carbonyl (C=O) groups is 2. The van der Waals surface area contributed by atoms with Crippen LogP contribution < -0.4 is 15.4 Å². The Morgan fingerprint density at radius 2 is 2.08 bits per heavy atom. The SMILES string of the molecule is CNC(=O)CNSc1cnc(NC(=O)CCC(C)C2CCCCC2)s1. The summed E-state index contributed by atoms with van der Waals surface area (Å²) >= 11 is 2.75. The molecular formula is C17H28N4O2S2. The van der Waals surface area contributed by atoms with E-state index in [9.17, 15) is 9.59 Å². The maximum absolute atomic E-state index is 12.1. The Bertz CT molecular complexity index is 559. The lowest BCUT2D eigenvalue weighted by molar-refractivity contribution is -0.119. The van der Waals surface area contributed by atoms with Crippen molar-refractivity contribution in [2.24, 2.45) is 11.8 Å². The van der Waals surface area contributed by atoms with Crippen molar-refractivity contribution in [1.29, 1.82) is 0 Å². The molecule has 8 heteroatoms. The molecule has 2 amide bonds. The van der Waals surface area contributed by atoms with Crippen molar-refractivity contribution >= 4 is 40.2 Å². The van der Waals surface area contributed by atoms with E-state index >= 15 is 0 Å². The first-order chi connectivity index (χ1) is 12.1. The van der Waals surface area contributed by atoms with E-state index in [-0.39, 0.29) is 18.4 Å². The molecule has 0 bridgehead atoms. The standard InChI is InChI=1S/C17H28N4O2S2/c1-12(13-6-4-3-5-7-13)8-9-14(22)21-17-19-11-16(24-17)25-20-10-15(23)18-2/h11-13,20H,3-10H2,1-2H3,(H,18,23)(H,19,21,22). The predicted molar refractivity (Wildman–Crippen MR) is 104 cm³/mol. The monoisotopic (exact) mass is 384 g/mol. The molecular weight excluding hydrogens is 356 g/mol. The average Bonchev–Trinajstić information content (AvgIpc) is 3.07. The Balaban J connectivity index is 1.67. The van der Waals surface area contributed by atoms with Crippen LogP contribution in [0.25, 0.3) is 0 Å². The number of aromatic nitrogens is 1. The maximum atomic E-state index is 12.1. The normalized spacial score (nSPS) is 16.4. The molecule has 6 nitrogen and oxygen atoms in total. The van der Waals surface area contributed by atoms with Crippen LogP contribution in [-0.2, 0) is 9.59 Å². The third-order valence-corrected chi connectivity index (χ3v) is 6.50. The van der Waals surface area contributed by atoms with Crippen molar-refractivity contribution in [1.82, 2.24) is 15.0 Å². The van der Waals surface area contributed by atoms with Gasteiger partial charge in [0.05, 0.1) is 17.0 Å². The summed E-state index contributed by atoms with van der Waals surface area (Å²) in [6.45, 7) is 2.51. The van der Waals surface area contributed by atoms with Gasteiger partial charge in [-0.1, -0.05) is 50.4 Å². The molecule has 0 aromatic carbocycles. The van der Waals surface area contributed by atoms with Crippen molar-refractivity contribution in [3.05, 3.63) is 6.20 Å². The van der Waals surface area contributed by atoms with Gasteiger partial charge in [-0.05, 0) is 30.2 Å². The number of nitrogens with zero attached hydrogens (tertiary/aromatic N) is 1. The molecule has 1 heterocycles. The number of likely N-dealkylation sites (N-methyl/N-ethyl adjacent to an activating group) is 1. The fourth-order valence-electron chi connectivity index (χ4n) is 3.10. The number of thiazole rings is 1. The number of anilines is 1. The van der Waals surface area contributed by atoms with Crippen LogP contribution in [0.15, 0.2) is 10.4 Å². The lowest BCUT2D eigenvalue weighted by Crippen LogP contribution is -2.27. The molecule has 140 valence electrons. The van der Waals surface area contributed by atoms with Crippen LogP contribution in [0.5, 0.6) is 0 Å². The van der Waals surface area contributed by atoms with Crippen LogP contribution in [0.1, 0.15) is 51.9 Å². The average molecular weight is 385 g/mol. The van der Waals surface area contributed by atoms with Gasteiger partial charge in [-0.3, -0.25) is 9.59 Å². The quantitative estimate of drug-likeness (QED) is 0.568. The van der Waals surface area contributed by atoms with Gasteiger partial charge in [0.2, 0.25) is 11.8 Å². The molecule has 2 rings (SSSR count). The topological polar surface area (TPSA) is 83.1 Å². The first-order valence-electron chi connectivity index (χ1n) is 8.94. The highest BCUT2D eigenvalue weighted by Crippen LogP contribution is 2.32. The van der Waals surface area contributed by atoms with Gasteiger partial charge in [-0.25, -0.2) is 9.71 Å². The number of amides is 2. The van der Waals surface area contributed by atoms with E-state index < -0.39 is 0 Å². The second-order valence-corrected chi connectivity index (χ2v) is 8.76.